The molecule has 0 spiro atoms. The molecule has 1 aliphatic rings. The first-order valence-corrected chi connectivity index (χ1v) is 6.14. The fourth-order valence-electron chi connectivity index (χ4n) is 2.40. The van der Waals surface area contributed by atoms with Gasteiger partial charge in [-0.15, -0.1) is 0 Å². The van der Waals surface area contributed by atoms with Gasteiger partial charge in [0.15, 0.2) is 5.75 Å². The number of methoxy groups -OCH3 is 1. The number of ether oxygens (including phenoxy) is 1. The van der Waals surface area contributed by atoms with Gasteiger partial charge in [-0.3, -0.25) is 4.68 Å². The van der Waals surface area contributed by atoms with Crippen molar-refractivity contribution < 1.29 is 4.74 Å². The molecule has 0 amide bonds. The summed E-state index contributed by atoms with van der Waals surface area (Å²) in [7, 11) is 1.73. The third-order valence-electron chi connectivity index (χ3n) is 3.37. The zero-order valence-corrected chi connectivity index (χ0v) is 10.2. The molecule has 1 aliphatic heterocycles. The van der Waals surface area contributed by atoms with Crippen LogP contribution in [-0.4, -0.2) is 30.0 Å². The van der Waals surface area contributed by atoms with Crippen molar-refractivity contribution in [2.24, 2.45) is 5.92 Å². The standard InChI is InChI=1S/C12H21N3O/c1-3-15-11(12(16-2)9-14-15)8-10-4-6-13-7-5-10/h9-10,13H,3-8H2,1-2H3. The van der Waals surface area contributed by atoms with Gasteiger partial charge in [0.25, 0.3) is 0 Å². The summed E-state index contributed by atoms with van der Waals surface area (Å²) in [6.07, 6.45) is 5.45. The van der Waals surface area contributed by atoms with E-state index in [1.165, 1.54) is 18.5 Å². The van der Waals surface area contributed by atoms with Crippen LogP contribution in [0.4, 0.5) is 0 Å². The topological polar surface area (TPSA) is 39.1 Å². The van der Waals surface area contributed by atoms with Crippen molar-refractivity contribution in [2.75, 3.05) is 20.2 Å². The molecule has 0 unspecified atom stereocenters. The lowest BCUT2D eigenvalue weighted by molar-refractivity contribution is 0.352. The Morgan fingerprint density at radius 2 is 2.25 bits per heavy atom. The molecular formula is C12H21N3O. The van der Waals surface area contributed by atoms with E-state index in [1.54, 1.807) is 7.11 Å². The molecule has 2 rings (SSSR count). The lowest BCUT2D eigenvalue weighted by Crippen LogP contribution is -2.29. The van der Waals surface area contributed by atoms with Crippen LogP contribution in [0.3, 0.4) is 0 Å². The minimum Gasteiger partial charge on any atom is -0.493 e. The minimum absolute atomic E-state index is 0.775. The maximum Gasteiger partial charge on any atom is 0.159 e. The quantitative estimate of drug-likeness (QED) is 0.840. The van der Waals surface area contributed by atoms with Gasteiger partial charge < -0.3 is 10.1 Å². The molecule has 0 radical (unpaired) electrons. The van der Waals surface area contributed by atoms with Crippen molar-refractivity contribution in [3.05, 3.63) is 11.9 Å². The molecule has 4 nitrogen and oxygen atoms in total. The lowest BCUT2D eigenvalue weighted by Gasteiger charge is -2.23. The highest BCUT2D eigenvalue weighted by atomic mass is 16.5. The Balaban J connectivity index is 2.08. The molecule has 90 valence electrons. The van der Waals surface area contributed by atoms with E-state index >= 15 is 0 Å². The summed E-state index contributed by atoms with van der Waals surface area (Å²) in [6.45, 7) is 5.34. The Morgan fingerprint density at radius 1 is 1.50 bits per heavy atom. The van der Waals surface area contributed by atoms with E-state index < -0.39 is 0 Å². The van der Waals surface area contributed by atoms with Crippen LogP contribution in [0.25, 0.3) is 0 Å². The average molecular weight is 223 g/mol. The van der Waals surface area contributed by atoms with Crippen molar-refractivity contribution in [3.8, 4) is 5.75 Å². The molecular weight excluding hydrogens is 202 g/mol. The number of aromatic nitrogens is 2. The van der Waals surface area contributed by atoms with Crippen LogP contribution < -0.4 is 10.1 Å². The first kappa shape index (κ1) is 11.5. The third-order valence-corrected chi connectivity index (χ3v) is 3.37. The molecule has 1 N–H and O–H groups in total. The Bertz CT molecular complexity index is 308. The second kappa shape index (κ2) is 5.34. The number of nitrogens with one attached hydrogen (secondary N) is 1. The van der Waals surface area contributed by atoms with E-state index in [0.717, 1.165) is 37.7 Å². The molecule has 1 aromatic heterocycles. The van der Waals surface area contributed by atoms with Gasteiger partial charge in [0.2, 0.25) is 0 Å². The largest absolute Gasteiger partial charge is 0.493 e. The Morgan fingerprint density at radius 3 is 2.88 bits per heavy atom. The van der Waals surface area contributed by atoms with Crippen molar-refractivity contribution >= 4 is 0 Å². The zero-order valence-electron chi connectivity index (χ0n) is 10.2. The first-order chi connectivity index (χ1) is 7.85. The summed E-state index contributed by atoms with van der Waals surface area (Å²) >= 11 is 0. The molecule has 0 atom stereocenters. The number of hydrogen-bond donors (Lipinski definition) is 1. The van der Waals surface area contributed by atoms with E-state index in [4.69, 9.17) is 4.74 Å². The van der Waals surface area contributed by atoms with Crippen LogP contribution in [0.1, 0.15) is 25.5 Å². The predicted molar refractivity (Wildman–Crippen MR) is 63.8 cm³/mol. The second-order valence-electron chi connectivity index (χ2n) is 4.37. The third kappa shape index (κ3) is 2.38. The highest BCUT2D eigenvalue weighted by Gasteiger charge is 2.18. The van der Waals surface area contributed by atoms with Gasteiger partial charge in [0, 0.05) is 6.54 Å². The predicted octanol–water partition coefficient (Wildman–Crippen LogP) is 1.45. The van der Waals surface area contributed by atoms with E-state index in [0.29, 0.717) is 0 Å². The summed E-state index contributed by atoms with van der Waals surface area (Å²) in [5.41, 5.74) is 1.26. The first-order valence-electron chi connectivity index (χ1n) is 6.14. The fraction of sp³-hybridized carbons (Fsp3) is 0.750. The van der Waals surface area contributed by atoms with Crippen LogP contribution in [0.2, 0.25) is 0 Å². The molecule has 4 heteroatoms. The molecule has 0 aliphatic carbocycles. The van der Waals surface area contributed by atoms with Crippen molar-refractivity contribution in [1.29, 1.82) is 0 Å². The summed E-state index contributed by atoms with van der Waals surface area (Å²) in [6, 6.07) is 0. The molecule has 0 aromatic carbocycles. The average Bonchev–Trinajstić information content (AvgIpc) is 2.72. The summed E-state index contributed by atoms with van der Waals surface area (Å²) in [4.78, 5) is 0. The van der Waals surface area contributed by atoms with Gasteiger partial charge in [0.05, 0.1) is 19.0 Å². The molecule has 16 heavy (non-hydrogen) atoms. The van der Waals surface area contributed by atoms with Crippen LogP contribution in [0.15, 0.2) is 6.20 Å². The normalized spacial score (nSPS) is 17.6. The molecule has 2 heterocycles. The second-order valence-corrected chi connectivity index (χ2v) is 4.37. The van der Waals surface area contributed by atoms with Gasteiger partial charge in [-0.1, -0.05) is 0 Å². The lowest BCUT2D eigenvalue weighted by atomic mass is 9.93. The van der Waals surface area contributed by atoms with Crippen molar-refractivity contribution in [2.45, 2.75) is 32.7 Å². The maximum atomic E-state index is 5.37. The van der Waals surface area contributed by atoms with Crippen LogP contribution in [-0.2, 0) is 13.0 Å². The van der Waals surface area contributed by atoms with E-state index in [2.05, 4.69) is 22.0 Å². The van der Waals surface area contributed by atoms with Crippen LogP contribution in [0, 0.1) is 5.92 Å². The molecule has 1 saturated heterocycles. The van der Waals surface area contributed by atoms with Gasteiger partial charge in [-0.25, -0.2) is 0 Å². The van der Waals surface area contributed by atoms with Crippen molar-refractivity contribution in [1.82, 2.24) is 15.1 Å². The number of rotatable bonds is 4. The van der Waals surface area contributed by atoms with Gasteiger partial charge in [-0.05, 0) is 45.2 Å². The monoisotopic (exact) mass is 223 g/mol. The number of hydrogen-bond acceptors (Lipinski definition) is 3. The molecule has 1 aromatic rings. The molecule has 1 fully saturated rings. The summed E-state index contributed by atoms with van der Waals surface area (Å²) in [5.74, 6) is 1.72. The Hall–Kier alpha value is -1.03. The molecule has 0 saturated carbocycles. The molecule has 0 bridgehead atoms. The maximum absolute atomic E-state index is 5.37. The number of piperidine rings is 1. The summed E-state index contributed by atoms with van der Waals surface area (Å²) < 4.78 is 7.43. The Kier molecular flexibility index (Phi) is 3.83. The van der Waals surface area contributed by atoms with Crippen LogP contribution in [0.5, 0.6) is 5.75 Å². The highest BCUT2D eigenvalue weighted by Crippen LogP contribution is 2.24. The highest BCUT2D eigenvalue weighted by molar-refractivity contribution is 5.25. The summed E-state index contributed by atoms with van der Waals surface area (Å²) in [5, 5.41) is 7.74. The number of aryl methyl sites for hydroxylation is 1. The minimum atomic E-state index is 0.775. The smallest absolute Gasteiger partial charge is 0.159 e. The fourth-order valence-corrected chi connectivity index (χ4v) is 2.40. The van der Waals surface area contributed by atoms with Gasteiger partial charge in [0.1, 0.15) is 0 Å². The van der Waals surface area contributed by atoms with Crippen LogP contribution >= 0.6 is 0 Å². The number of nitrogens with zero attached hydrogens (tertiary/aromatic N) is 2. The SMILES string of the molecule is CCn1ncc(OC)c1CC1CCNCC1. The van der Waals surface area contributed by atoms with Gasteiger partial charge in [-0.2, -0.15) is 5.10 Å². The van der Waals surface area contributed by atoms with E-state index in [1.807, 2.05) is 6.20 Å². The van der Waals surface area contributed by atoms with Crippen molar-refractivity contribution in [3.63, 3.8) is 0 Å². The van der Waals surface area contributed by atoms with E-state index in [9.17, 15) is 0 Å². The van der Waals surface area contributed by atoms with E-state index in [-0.39, 0.29) is 0 Å². The Labute approximate surface area is 97.0 Å². The zero-order chi connectivity index (χ0) is 11.4. The van der Waals surface area contributed by atoms with Gasteiger partial charge >= 0.3 is 0 Å².